The van der Waals surface area contributed by atoms with Crippen molar-refractivity contribution in [3.63, 3.8) is 0 Å². The van der Waals surface area contributed by atoms with Gasteiger partial charge in [-0.2, -0.15) is 0 Å². The molecule has 4 heteroatoms. The number of hydrogen-bond acceptors (Lipinski definition) is 3. The molecule has 0 aliphatic heterocycles. The average Bonchev–Trinajstić information content (AvgIpc) is 2.12. The van der Waals surface area contributed by atoms with Crippen LogP contribution in [0.1, 0.15) is 37.4 Å². The Morgan fingerprint density at radius 3 is 2.93 bits per heavy atom. The van der Waals surface area contributed by atoms with Crippen molar-refractivity contribution >= 4 is 15.9 Å². The molecule has 1 unspecified atom stereocenters. The zero-order valence-electron chi connectivity index (χ0n) is 7.99. The van der Waals surface area contributed by atoms with Gasteiger partial charge in [0.2, 0.25) is 0 Å². The van der Waals surface area contributed by atoms with Crippen LogP contribution in [0, 0.1) is 5.92 Å². The molecule has 1 fully saturated rings. The molecular weight excluding hydrogens is 242 g/mol. The van der Waals surface area contributed by atoms with Crippen LogP contribution in [0.2, 0.25) is 0 Å². The van der Waals surface area contributed by atoms with Crippen molar-refractivity contribution < 1.29 is 0 Å². The van der Waals surface area contributed by atoms with E-state index in [1.807, 2.05) is 0 Å². The summed E-state index contributed by atoms with van der Waals surface area (Å²) in [5.74, 6) is 0.812. The lowest BCUT2D eigenvalue weighted by Crippen LogP contribution is -2.21. The van der Waals surface area contributed by atoms with E-state index in [1.54, 1.807) is 12.5 Å². The first kappa shape index (κ1) is 10.1. The van der Waals surface area contributed by atoms with Crippen molar-refractivity contribution in [1.29, 1.82) is 0 Å². The summed E-state index contributed by atoms with van der Waals surface area (Å²) in [6, 6.07) is 0.0534. The molecule has 1 aliphatic carbocycles. The van der Waals surface area contributed by atoms with Gasteiger partial charge in [-0.1, -0.05) is 19.3 Å². The van der Waals surface area contributed by atoms with Crippen molar-refractivity contribution in [3.05, 3.63) is 22.7 Å². The van der Waals surface area contributed by atoms with Gasteiger partial charge in [0.1, 0.15) is 6.33 Å². The third-order valence-corrected chi connectivity index (χ3v) is 3.47. The Bertz CT molecular complexity index is 312. The van der Waals surface area contributed by atoms with E-state index in [1.165, 1.54) is 19.3 Å². The van der Waals surface area contributed by atoms with Crippen molar-refractivity contribution in [1.82, 2.24) is 9.97 Å². The van der Waals surface area contributed by atoms with E-state index in [4.69, 9.17) is 5.73 Å². The summed E-state index contributed by atoms with van der Waals surface area (Å²) in [4.78, 5) is 8.13. The maximum absolute atomic E-state index is 6.09. The lowest BCUT2D eigenvalue weighted by molar-refractivity contribution is 0.275. The third kappa shape index (κ3) is 2.12. The van der Waals surface area contributed by atoms with Crippen LogP contribution in [0.3, 0.4) is 0 Å². The molecule has 0 saturated heterocycles. The Labute approximate surface area is 92.3 Å². The minimum absolute atomic E-state index is 0.0534. The molecule has 2 rings (SSSR count). The van der Waals surface area contributed by atoms with Gasteiger partial charge in [0.05, 0.1) is 10.2 Å². The fourth-order valence-corrected chi connectivity index (χ4v) is 2.31. The lowest BCUT2D eigenvalue weighted by atomic mass is 9.80. The van der Waals surface area contributed by atoms with Gasteiger partial charge in [0, 0.05) is 12.2 Å². The van der Waals surface area contributed by atoms with Crippen LogP contribution >= 0.6 is 15.9 Å². The van der Waals surface area contributed by atoms with Crippen LogP contribution in [0.5, 0.6) is 0 Å². The second kappa shape index (κ2) is 4.36. The minimum Gasteiger partial charge on any atom is -0.323 e. The highest BCUT2D eigenvalue weighted by atomic mass is 79.9. The first-order valence-corrected chi connectivity index (χ1v) is 5.77. The summed E-state index contributed by atoms with van der Waals surface area (Å²) >= 11 is 3.42. The minimum atomic E-state index is 0.0534. The molecule has 1 aromatic rings. The van der Waals surface area contributed by atoms with Crippen LogP contribution in [0.25, 0.3) is 0 Å². The van der Waals surface area contributed by atoms with E-state index in [2.05, 4.69) is 25.9 Å². The van der Waals surface area contributed by atoms with Gasteiger partial charge in [0.15, 0.2) is 0 Å². The highest BCUT2D eigenvalue weighted by Crippen LogP contribution is 2.34. The molecule has 76 valence electrons. The van der Waals surface area contributed by atoms with Crippen molar-refractivity contribution in [2.45, 2.75) is 31.7 Å². The van der Waals surface area contributed by atoms with Gasteiger partial charge in [-0.15, -0.1) is 0 Å². The van der Waals surface area contributed by atoms with E-state index in [9.17, 15) is 0 Å². The molecule has 1 heterocycles. The molecule has 2 N–H and O–H groups in total. The maximum atomic E-state index is 6.09. The molecule has 0 spiro atoms. The first-order chi connectivity index (χ1) is 6.77. The summed E-state index contributed by atoms with van der Waals surface area (Å²) in [5.41, 5.74) is 7.02. The van der Waals surface area contributed by atoms with Crippen molar-refractivity contribution in [3.8, 4) is 0 Å². The Kier molecular flexibility index (Phi) is 3.13. The Balaban J connectivity index is 2.02. The van der Waals surface area contributed by atoms with Crippen LogP contribution in [0.4, 0.5) is 0 Å². The fourth-order valence-electron chi connectivity index (χ4n) is 1.79. The van der Waals surface area contributed by atoms with Crippen molar-refractivity contribution in [2.24, 2.45) is 11.7 Å². The number of nitrogens with two attached hydrogens (primary N) is 1. The van der Waals surface area contributed by atoms with Gasteiger partial charge in [0.25, 0.3) is 0 Å². The second-order valence-electron chi connectivity index (χ2n) is 3.90. The number of hydrogen-bond donors (Lipinski definition) is 1. The highest BCUT2D eigenvalue weighted by Gasteiger charge is 2.22. The molecule has 0 amide bonds. The smallest absolute Gasteiger partial charge is 0.115 e. The van der Waals surface area contributed by atoms with E-state index in [-0.39, 0.29) is 6.04 Å². The van der Waals surface area contributed by atoms with Crippen LogP contribution < -0.4 is 5.73 Å². The first-order valence-electron chi connectivity index (χ1n) is 4.98. The summed E-state index contributed by atoms with van der Waals surface area (Å²) in [6.07, 6.45) is 8.38. The maximum Gasteiger partial charge on any atom is 0.115 e. The van der Waals surface area contributed by atoms with Crippen molar-refractivity contribution in [2.75, 3.05) is 0 Å². The SMILES string of the molecule is NC(CC1CCC1)c1ncncc1Br. The predicted molar refractivity (Wildman–Crippen MR) is 58.6 cm³/mol. The quantitative estimate of drug-likeness (QED) is 0.903. The summed E-state index contributed by atoms with van der Waals surface area (Å²) in [6.45, 7) is 0. The zero-order chi connectivity index (χ0) is 9.97. The van der Waals surface area contributed by atoms with Gasteiger partial charge in [-0.05, 0) is 28.3 Å². The van der Waals surface area contributed by atoms with E-state index in [0.29, 0.717) is 0 Å². The summed E-state index contributed by atoms with van der Waals surface area (Å²) in [5, 5.41) is 0. The summed E-state index contributed by atoms with van der Waals surface area (Å²) in [7, 11) is 0. The van der Waals surface area contributed by atoms with Crippen LogP contribution in [0.15, 0.2) is 17.0 Å². The van der Waals surface area contributed by atoms with E-state index in [0.717, 1.165) is 22.5 Å². The topological polar surface area (TPSA) is 51.8 Å². The molecular formula is C10H14BrN3. The number of nitrogens with zero attached hydrogens (tertiary/aromatic N) is 2. The number of aromatic nitrogens is 2. The third-order valence-electron chi connectivity index (χ3n) is 2.86. The zero-order valence-corrected chi connectivity index (χ0v) is 9.57. The standard InChI is InChI=1S/C10H14BrN3/c11-8-5-13-6-14-10(8)9(12)4-7-2-1-3-7/h5-7,9H,1-4,12H2. The van der Waals surface area contributed by atoms with Gasteiger partial charge in [-0.3, -0.25) is 0 Å². The lowest BCUT2D eigenvalue weighted by Gasteiger charge is -2.27. The molecule has 0 aromatic carbocycles. The van der Waals surface area contributed by atoms with Crippen LogP contribution in [-0.4, -0.2) is 9.97 Å². The average molecular weight is 256 g/mol. The largest absolute Gasteiger partial charge is 0.323 e. The molecule has 0 radical (unpaired) electrons. The van der Waals surface area contributed by atoms with Gasteiger partial charge in [-0.25, -0.2) is 9.97 Å². The molecule has 1 aliphatic rings. The monoisotopic (exact) mass is 255 g/mol. The van der Waals surface area contributed by atoms with Gasteiger partial charge >= 0.3 is 0 Å². The number of rotatable bonds is 3. The van der Waals surface area contributed by atoms with Crippen LogP contribution in [-0.2, 0) is 0 Å². The molecule has 3 nitrogen and oxygen atoms in total. The second-order valence-corrected chi connectivity index (χ2v) is 4.75. The molecule has 0 bridgehead atoms. The fraction of sp³-hybridized carbons (Fsp3) is 0.600. The normalized spacial score (nSPS) is 19.0. The number of halogens is 1. The molecule has 1 saturated carbocycles. The predicted octanol–water partition coefficient (Wildman–Crippen LogP) is 2.43. The van der Waals surface area contributed by atoms with Gasteiger partial charge < -0.3 is 5.73 Å². The molecule has 14 heavy (non-hydrogen) atoms. The Hall–Kier alpha value is -0.480. The van der Waals surface area contributed by atoms with E-state index < -0.39 is 0 Å². The summed E-state index contributed by atoms with van der Waals surface area (Å²) < 4.78 is 0.923. The Morgan fingerprint density at radius 1 is 1.57 bits per heavy atom. The highest BCUT2D eigenvalue weighted by molar-refractivity contribution is 9.10. The molecule has 1 atom stereocenters. The molecule has 1 aromatic heterocycles. The Morgan fingerprint density at radius 2 is 2.36 bits per heavy atom. The van der Waals surface area contributed by atoms with E-state index >= 15 is 0 Å².